The van der Waals surface area contributed by atoms with Gasteiger partial charge in [-0.1, -0.05) is 46.3 Å². The van der Waals surface area contributed by atoms with E-state index >= 15 is 0 Å². The largest absolute Gasteiger partial charge is 0.507 e. The molecule has 1 unspecified atom stereocenters. The van der Waals surface area contributed by atoms with E-state index in [0.717, 1.165) is 9.13 Å². The lowest BCUT2D eigenvalue weighted by molar-refractivity contribution is 0.0951. The van der Waals surface area contributed by atoms with E-state index < -0.39 is 0 Å². The van der Waals surface area contributed by atoms with Crippen LogP contribution in [0.4, 0.5) is 0 Å². The Bertz CT molecular complexity index is 604. The molecule has 5 heteroatoms. The number of amides is 1. The molecule has 1 atom stereocenters. The predicted octanol–water partition coefficient (Wildman–Crippen LogP) is 3.86. The molecule has 0 spiro atoms. The highest BCUT2D eigenvalue weighted by atomic mass is 127. The molecule has 0 saturated carbocycles. The Morgan fingerprint density at radius 3 is 2.65 bits per heavy atom. The van der Waals surface area contributed by atoms with Gasteiger partial charge in [-0.3, -0.25) is 4.79 Å². The fourth-order valence-corrected chi connectivity index (χ4v) is 2.71. The topological polar surface area (TPSA) is 49.3 Å². The van der Waals surface area contributed by atoms with E-state index in [9.17, 15) is 9.90 Å². The molecular formula is C15H13BrINO2. The first kappa shape index (κ1) is 15.3. The van der Waals surface area contributed by atoms with Gasteiger partial charge in [0.1, 0.15) is 5.75 Å². The number of carbonyl (C=O) groups excluding carboxylic acids is 1. The summed E-state index contributed by atoms with van der Waals surface area (Å²) in [4.78, 5) is 12.1. The van der Waals surface area contributed by atoms with Gasteiger partial charge in [0.25, 0.3) is 5.91 Å². The number of benzene rings is 2. The van der Waals surface area contributed by atoms with Crippen molar-refractivity contribution in [3.63, 3.8) is 0 Å². The molecular weight excluding hydrogens is 433 g/mol. The minimum atomic E-state index is -0.276. The second-order valence-electron chi connectivity index (χ2n) is 4.25. The zero-order valence-corrected chi connectivity index (χ0v) is 14.3. The third-order valence-electron chi connectivity index (χ3n) is 2.81. The van der Waals surface area contributed by atoms with Gasteiger partial charge in [-0.2, -0.15) is 0 Å². The number of halogens is 2. The molecule has 0 saturated heterocycles. The fourth-order valence-electron chi connectivity index (χ4n) is 1.75. The monoisotopic (exact) mass is 445 g/mol. The lowest BCUT2D eigenvalue weighted by Gasteiger charge is -2.12. The molecule has 0 fully saturated rings. The first-order chi connectivity index (χ1) is 9.58. The van der Waals surface area contributed by atoms with Crippen LogP contribution in [0, 0.1) is 3.57 Å². The van der Waals surface area contributed by atoms with Crippen LogP contribution in [0.3, 0.4) is 0 Å². The van der Waals surface area contributed by atoms with Crippen molar-refractivity contribution in [3.05, 3.63) is 63.2 Å². The van der Waals surface area contributed by atoms with Gasteiger partial charge in [0.05, 0.1) is 10.4 Å². The number of aromatic hydroxyl groups is 1. The summed E-state index contributed by atoms with van der Waals surface area (Å²) in [7, 11) is 0. The quantitative estimate of drug-likeness (QED) is 0.554. The van der Waals surface area contributed by atoms with Crippen molar-refractivity contribution in [1.29, 1.82) is 0 Å². The lowest BCUT2D eigenvalue weighted by Crippen LogP contribution is -2.26. The number of phenols is 1. The average Bonchev–Trinajstić information content (AvgIpc) is 2.47. The number of nitrogens with one attached hydrogen (secondary N) is 1. The number of hydrogen-bond donors (Lipinski definition) is 2. The number of rotatable bonds is 4. The summed E-state index contributed by atoms with van der Waals surface area (Å²) >= 11 is 5.65. The van der Waals surface area contributed by atoms with E-state index in [0.29, 0.717) is 12.1 Å². The molecule has 0 aliphatic rings. The van der Waals surface area contributed by atoms with Crippen LogP contribution in [0.25, 0.3) is 0 Å². The van der Waals surface area contributed by atoms with Gasteiger partial charge in [0, 0.05) is 10.1 Å². The van der Waals surface area contributed by atoms with Gasteiger partial charge in [0.2, 0.25) is 0 Å². The highest BCUT2D eigenvalue weighted by molar-refractivity contribution is 14.1. The zero-order valence-electron chi connectivity index (χ0n) is 10.5. The molecule has 3 nitrogen and oxygen atoms in total. The molecule has 1 amide bonds. The maximum Gasteiger partial charge on any atom is 0.255 e. The second kappa shape index (κ2) is 7.08. The normalized spacial score (nSPS) is 11.9. The zero-order chi connectivity index (χ0) is 14.5. The van der Waals surface area contributed by atoms with Crippen LogP contribution in [0.1, 0.15) is 20.7 Å². The Morgan fingerprint density at radius 2 is 1.95 bits per heavy atom. The van der Waals surface area contributed by atoms with Gasteiger partial charge >= 0.3 is 0 Å². The molecule has 2 aromatic carbocycles. The van der Waals surface area contributed by atoms with Crippen molar-refractivity contribution < 1.29 is 9.90 Å². The molecule has 0 aromatic heterocycles. The molecule has 2 N–H and O–H groups in total. The molecule has 20 heavy (non-hydrogen) atoms. The van der Waals surface area contributed by atoms with E-state index in [4.69, 9.17) is 0 Å². The van der Waals surface area contributed by atoms with Gasteiger partial charge in [-0.05, 0) is 46.4 Å². The van der Waals surface area contributed by atoms with Gasteiger partial charge in [0.15, 0.2) is 0 Å². The Labute approximate surface area is 139 Å². The van der Waals surface area contributed by atoms with E-state index in [1.54, 1.807) is 12.1 Å². The van der Waals surface area contributed by atoms with Gasteiger partial charge in [-0.25, -0.2) is 0 Å². The fraction of sp³-hybridized carbons (Fsp3) is 0.133. The highest BCUT2D eigenvalue weighted by Gasteiger charge is 2.13. The van der Waals surface area contributed by atoms with Crippen molar-refractivity contribution in [3.8, 4) is 5.75 Å². The molecule has 104 valence electrons. The van der Waals surface area contributed by atoms with Crippen molar-refractivity contribution in [2.24, 2.45) is 0 Å². The van der Waals surface area contributed by atoms with Crippen LogP contribution in [-0.2, 0) is 0 Å². The molecule has 2 aromatic rings. The summed E-state index contributed by atoms with van der Waals surface area (Å²) in [5, 5.41) is 12.5. The number of alkyl halides is 1. The van der Waals surface area contributed by atoms with Crippen molar-refractivity contribution in [2.45, 2.75) is 4.83 Å². The second-order valence-corrected chi connectivity index (χ2v) is 6.60. The Balaban J connectivity index is 2.00. The first-order valence-electron chi connectivity index (χ1n) is 6.03. The van der Waals surface area contributed by atoms with Crippen LogP contribution >= 0.6 is 38.5 Å². The summed E-state index contributed by atoms with van der Waals surface area (Å²) in [6.45, 7) is 0.452. The Morgan fingerprint density at radius 1 is 1.25 bits per heavy atom. The van der Waals surface area contributed by atoms with E-state index in [2.05, 4.69) is 43.8 Å². The maximum absolute atomic E-state index is 12.1. The maximum atomic E-state index is 12.1. The van der Waals surface area contributed by atoms with Crippen molar-refractivity contribution in [1.82, 2.24) is 5.32 Å². The number of hydrogen-bond acceptors (Lipinski definition) is 2. The molecule has 0 aliphatic carbocycles. The smallest absolute Gasteiger partial charge is 0.255 e. The minimum Gasteiger partial charge on any atom is -0.507 e. The van der Waals surface area contributed by atoms with Crippen LogP contribution in [0.2, 0.25) is 0 Å². The molecule has 0 bridgehead atoms. The number of carbonyl (C=O) groups is 1. The third kappa shape index (κ3) is 3.96. The first-order valence-corrected chi connectivity index (χ1v) is 8.03. The third-order valence-corrected chi connectivity index (χ3v) is 4.33. The molecule has 0 heterocycles. The van der Waals surface area contributed by atoms with Crippen LogP contribution in [0.5, 0.6) is 5.75 Å². The summed E-state index contributed by atoms with van der Waals surface area (Å²) < 4.78 is 0.906. The summed E-state index contributed by atoms with van der Waals surface area (Å²) in [5.41, 5.74) is 1.39. The summed E-state index contributed by atoms with van der Waals surface area (Å²) in [6, 6.07) is 14.8. The van der Waals surface area contributed by atoms with E-state index in [1.807, 2.05) is 30.3 Å². The van der Waals surface area contributed by atoms with Crippen molar-refractivity contribution in [2.75, 3.05) is 6.54 Å². The van der Waals surface area contributed by atoms with Gasteiger partial charge in [-0.15, -0.1) is 0 Å². The molecule has 0 aliphatic heterocycles. The predicted molar refractivity (Wildman–Crippen MR) is 91.3 cm³/mol. The highest BCUT2D eigenvalue weighted by Crippen LogP contribution is 2.22. The van der Waals surface area contributed by atoms with Crippen molar-refractivity contribution >= 4 is 44.4 Å². The average molecular weight is 446 g/mol. The lowest BCUT2D eigenvalue weighted by atomic mass is 10.1. The van der Waals surface area contributed by atoms with Crippen LogP contribution in [0.15, 0.2) is 48.5 Å². The Kier molecular flexibility index (Phi) is 5.42. The van der Waals surface area contributed by atoms with E-state index in [-0.39, 0.29) is 16.5 Å². The SMILES string of the molecule is O=C(NCC(Br)c1ccccc1)c1cc(I)ccc1O. The molecule has 2 rings (SSSR count). The summed E-state index contributed by atoms with van der Waals surface area (Å²) in [6.07, 6.45) is 0. The number of phenolic OH excluding ortho intramolecular Hbond substituents is 1. The van der Waals surface area contributed by atoms with Crippen LogP contribution < -0.4 is 5.32 Å². The standard InChI is InChI=1S/C15H13BrINO2/c16-13(10-4-2-1-3-5-10)9-18-15(20)12-8-11(17)6-7-14(12)19/h1-8,13,19H,9H2,(H,18,20). The Hall–Kier alpha value is -1.08. The molecule has 0 radical (unpaired) electrons. The van der Waals surface area contributed by atoms with Gasteiger partial charge < -0.3 is 10.4 Å². The minimum absolute atomic E-state index is 0.00579. The van der Waals surface area contributed by atoms with E-state index in [1.165, 1.54) is 6.07 Å². The van der Waals surface area contributed by atoms with Crippen LogP contribution in [-0.4, -0.2) is 17.6 Å². The summed E-state index contributed by atoms with van der Waals surface area (Å²) in [5.74, 6) is -0.282.